The standard InChI is InChI=1S/C8H13N5O3/c1-2-3-6(8(15)16)10-7(14)4-13-5-9-11-12-13/h5-6H,2-4H2,1H3,(H,10,14)(H,15,16). The molecular formula is C8H13N5O3. The third-order valence-electron chi connectivity index (χ3n) is 1.91. The Balaban J connectivity index is 2.45. The Bertz CT molecular complexity index is 351. The fraction of sp³-hybridized carbons (Fsp3) is 0.625. The maximum atomic E-state index is 11.4. The van der Waals surface area contributed by atoms with Gasteiger partial charge in [0.1, 0.15) is 18.9 Å². The first kappa shape index (κ1) is 12.1. The van der Waals surface area contributed by atoms with E-state index < -0.39 is 17.9 Å². The molecule has 1 aromatic heterocycles. The summed E-state index contributed by atoms with van der Waals surface area (Å²) in [6.45, 7) is 1.77. The maximum absolute atomic E-state index is 11.4. The first-order chi connectivity index (χ1) is 7.63. The van der Waals surface area contributed by atoms with Gasteiger partial charge in [0.25, 0.3) is 0 Å². The average Bonchev–Trinajstić information content (AvgIpc) is 2.69. The lowest BCUT2D eigenvalue weighted by Crippen LogP contribution is -2.42. The van der Waals surface area contributed by atoms with Crippen molar-refractivity contribution in [1.82, 2.24) is 25.5 Å². The Morgan fingerprint density at radius 2 is 2.31 bits per heavy atom. The van der Waals surface area contributed by atoms with Gasteiger partial charge in [-0.1, -0.05) is 13.3 Å². The molecule has 0 saturated heterocycles. The number of nitrogens with zero attached hydrogens (tertiary/aromatic N) is 4. The van der Waals surface area contributed by atoms with E-state index in [0.717, 1.165) is 0 Å². The number of carbonyl (C=O) groups excluding carboxylic acids is 1. The van der Waals surface area contributed by atoms with Gasteiger partial charge in [0, 0.05) is 0 Å². The van der Waals surface area contributed by atoms with Crippen LogP contribution in [-0.4, -0.2) is 43.2 Å². The molecule has 0 radical (unpaired) electrons. The minimum atomic E-state index is -1.04. The molecule has 1 amide bonds. The summed E-state index contributed by atoms with van der Waals surface area (Å²) < 4.78 is 1.22. The Hall–Kier alpha value is -1.99. The van der Waals surface area contributed by atoms with Gasteiger partial charge in [-0.25, -0.2) is 9.48 Å². The summed E-state index contributed by atoms with van der Waals surface area (Å²) >= 11 is 0. The Kier molecular flexibility index (Phi) is 4.37. The summed E-state index contributed by atoms with van der Waals surface area (Å²) in [5.41, 5.74) is 0. The van der Waals surface area contributed by atoms with Gasteiger partial charge in [0.2, 0.25) is 5.91 Å². The predicted octanol–water partition coefficient (Wildman–Crippen LogP) is -0.957. The first-order valence-corrected chi connectivity index (χ1v) is 4.86. The third-order valence-corrected chi connectivity index (χ3v) is 1.91. The summed E-state index contributed by atoms with van der Waals surface area (Å²) in [6.07, 6.45) is 2.37. The van der Waals surface area contributed by atoms with Gasteiger partial charge in [-0.15, -0.1) is 5.10 Å². The van der Waals surface area contributed by atoms with Crippen LogP contribution >= 0.6 is 0 Å². The molecule has 1 rings (SSSR count). The second kappa shape index (κ2) is 5.79. The minimum absolute atomic E-state index is 0.0828. The number of tetrazole rings is 1. The molecule has 88 valence electrons. The van der Waals surface area contributed by atoms with Crippen LogP contribution in [0.2, 0.25) is 0 Å². The quantitative estimate of drug-likeness (QED) is 0.647. The molecule has 0 spiro atoms. The highest BCUT2D eigenvalue weighted by molar-refractivity contribution is 5.83. The zero-order valence-electron chi connectivity index (χ0n) is 8.83. The van der Waals surface area contributed by atoms with Crippen LogP contribution < -0.4 is 5.32 Å². The Morgan fingerprint density at radius 1 is 1.56 bits per heavy atom. The van der Waals surface area contributed by atoms with E-state index in [1.807, 2.05) is 6.92 Å². The van der Waals surface area contributed by atoms with Gasteiger partial charge in [0.15, 0.2) is 0 Å². The van der Waals surface area contributed by atoms with Crippen molar-refractivity contribution in [2.75, 3.05) is 0 Å². The summed E-state index contributed by atoms with van der Waals surface area (Å²) in [7, 11) is 0. The molecule has 16 heavy (non-hydrogen) atoms. The lowest BCUT2D eigenvalue weighted by molar-refractivity contribution is -0.142. The number of carboxylic acid groups (broad SMARTS) is 1. The number of aliphatic carboxylic acids is 1. The van der Waals surface area contributed by atoms with Crippen molar-refractivity contribution < 1.29 is 14.7 Å². The Labute approximate surface area is 91.6 Å². The minimum Gasteiger partial charge on any atom is -0.480 e. The van der Waals surface area contributed by atoms with Crippen molar-refractivity contribution in [3.05, 3.63) is 6.33 Å². The van der Waals surface area contributed by atoms with E-state index in [1.54, 1.807) is 0 Å². The molecule has 8 heteroatoms. The van der Waals surface area contributed by atoms with Crippen LogP contribution in [0.4, 0.5) is 0 Å². The summed E-state index contributed by atoms with van der Waals surface area (Å²) in [6, 6.07) is -0.853. The fourth-order valence-electron chi connectivity index (χ4n) is 1.19. The smallest absolute Gasteiger partial charge is 0.326 e. The van der Waals surface area contributed by atoms with Crippen LogP contribution in [0.15, 0.2) is 6.33 Å². The van der Waals surface area contributed by atoms with Crippen molar-refractivity contribution in [1.29, 1.82) is 0 Å². The van der Waals surface area contributed by atoms with E-state index >= 15 is 0 Å². The molecule has 0 aromatic carbocycles. The molecule has 1 aromatic rings. The number of hydrogen-bond donors (Lipinski definition) is 2. The number of carbonyl (C=O) groups is 2. The zero-order chi connectivity index (χ0) is 12.0. The highest BCUT2D eigenvalue weighted by Crippen LogP contribution is 1.96. The molecule has 0 saturated carbocycles. The molecule has 0 aliphatic carbocycles. The van der Waals surface area contributed by atoms with E-state index in [9.17, 15) is 9.59 Å². The fourth-order valence-corrected chi connectivity index (χ4v) is 1.19. The third kappa shape index (κ3) is 3.64. The molecule has 1 heterocycles. The van der Waals surface area contributed by atoms with Crippen LogP contribution in [-0.2, 0) is 16.1 Å². The maximum Gasteiger partial charge on any atom is 0.326 e. The monoisotopic (exact) mass is 227 g/mol. The number of amides is 1. The SMILES string of the molecule is CCCC(NC(=O)Cn1cnnn1)C(=O)O. The lowest BCUT2D eigenvalue weighted by Gasteiger charge is -2.12. The second-order valence-corrected chi connectivity index (χ2v) is 3.25. The zero-order valence-corrected chi connectivity index (χ0v) is 8.83. The van der Waals surface area contributed by atoms with Crippen molar-refractivity contribution in [3.8, 4) is 0 Å². The molecule has 0 bridgehead atoms. The number of hydrogen-bond acceptors (Lipinski definition) is 5. The molecule has 1 unspecified atom stereocenters. The van der Waals surface area contributed by atoms with E-state index in [0.29, 0.717) is 12.8 Å². The molecule has 2 N–H and O–H groups in total. The summed E-state index contributed by atoms with van der Waals surface area (Å²) in [4.78, 5) is 22.2. The van der Waals surface area contributed by atoms with E-state index in [1.165, 1.54) is 11.0 Å². The number of rotatable bonds is 6. The molecule has 1 atom stereocenters. The van der Waals surface area contributed by atoms with Crippen molar-refractivity contribution in [2.45, 2.75) is 32.4 Å². The molecule has 0 fully saturated rings. The number of nitrogens with one attached hydrogen (secondary N) is 1. The molecule has 8 nitrogen and oxygen atoms in total. The van der Waals surface area contributed by atoms with Gasteiger partial charge < -0.3 is 10.4 Å². The van der Waals surface area contributed by atoms with Gasteiger partial charge in [-0.2, -0.15) is 0 Å². The van der Waals surface area contributed by atoms with E-state index in [-0.39, 0.29) is 6.54 Å². The topological polar surface area (TPSA) is 110 Å². The van der Waals surface area contributed by atoms with E-state index in [2.05, 4.69) is 20.8 Å². The van der Waals surface area contributed by atoms with Gasteiger partial charge >= 0.3 is 5.97 Å². The Morgan fingerprint density at radius 3 is 2.81 bits per heavy atom. The number of carboxylic acids is 1. The van der Waals surface area contributed by atoms with E-state index in [4.69, 9.17) is 5.11 Å². The van der Waals surface area contributed by atoms with Crippen molar-refractivity contribution >= 4 is 11.9 Å². The van der Waals surface area contributed by atoms with Crippen molar-refractivity contribution in [3.63, 3.8) is 0 Å². The predicted molar refractivity (Wildman–Crippen MR) is 52.3 cm³/mol. The van der Waals surface area contributed by atoms with Gasteiger partial charge in [0.05, 0.1) is 0 Å². The second-order valence-electron chi connectivity index (χ2n) is 3.25. The molecular weight excluding hydrogens is 214 g/mol. The number of aromatic nitrogens is 4. The molecule has 0 aliphatic heterocycles. The van der Waals surface area contributed by atoms with Crippen LogP contribution in [0.3, 0.4) is 0 Å². The van der Waals surface area contributed by atoms with Crippen LogP contribution in [0.5, 0.6) is 0 Å². The summed E-state index contributed by atoms with van der Waals surface area (Å²) in [5.74, 6) is -1.46. The van der Waals surface area contributed by atoms with Gasteiger partial charge in [-0.05, 0) is 16.8 Å². The lowest BCUT2D eigenvalue weighted by atomic mass is 10.2. The normalized spacial score (nSPS) is 12.1. The summed E-state index contributed by atoms with van der Waals surface area (Å²) in [5, 5.41) is 21.4. The van der Waals surface area contributed by atoms with Crippen LogP contribution in [0, 0.1) is 0 Å². The van der Waals surface area contributed by atoms with Crippen molar-refractivity contribution in [2.24, 2.45) is 0 Å². The van der Waals surface area contributed by atoms with Crippen LogP contribution in [0.1, 0.15) is 19.8 Å². The highest BCUT2D eigenvalue weighted by Gasteiger charge is 2.18. The van der Waals surface area contributed by atoms with Gasteiger partial charge in [-0.3, -0.25) is 4.79 Å². The largest absolute Gasteiger partial charge is 0.480 e. The highest BCUT2D eigenvalue weighted by atomic mass is 16.4. The van der Waals surface area contributed by atoms with Crippen LogP contribution in [0.25, 0.3) is 0 Å². The first-order valence-electron chi connectivity index (χ1n) is 4.86. The molecule has 0 aliphatic rings. The average molecular weight is 227 g/mol.